The van der Waals surface area contributed by atoms with E-state index in [0.717, 1.165) is 25.4 Å². The van der Waals surface area contributed by atoms with E-state index in [1.165, 1.54) is 19.3 Å². The first kappa shape index (κ1) is 13.2. The van der Waals surface area contributed by atoms with Gasteiger partial charge in [0.15, 0.2) is 0 Å². The van der Waals surface area contributed by atoms with Crippen molar-refractivity contribution in [3.63, 3.8) is 0 Å². The number of aromatic nitrogens is 1. The molecule has 4 nitrogen and oxygen atoms in total. The number of hydrogen-bond donors (Lipinski definition) is 2. The van der Waals surface area contributed by atoms with Gasteiger partial charge in [-0.05, 0) is 37.8 Å². The van der Waals surface area contributed by atoms with Crippen LogP contribution in [0.1, 0.15) is 31.4 Å². The Morgan fingerprint density at radius 1 is 1.50 bits per heavy atom. The Morgan fingerprint density at radius 2 is 2.39 bits per heavy atom. The normalized spacial score (nSPS) is 19.4. The zero-order valence-electron chi connectivity index (χ0n) is 10.4. The summed E-state index contributed by atoms with van der Waals surface area (Å²) in [5.41, 5.74) is 6.21. The quantitative estimate of drug-likeness (QED) is 0.798. The van der Waals surface area contributed by atoms with Crippen molar-refractivity contribution < 1.29 is 4.74 Å². The number of nitrogens with one attached hydrogen (secondary N) is 1. The summed E-state index contributed by atoms with van der Waals surface area (Å²) in [5.74, 6) is 0.816. The lowest BCUT2D eigenvalue weighted by Crippen LogP contribution is -2.22. The van der Waals surface area contributed by atoms with E-state index in [0.29, 0.717) is 16.8 Å². The number of anilines is 1. The van der Waals surface area contributed by atoms with Crippen LogP contribution in [0.4, 0.5) is 5.82 Å². The number of rotatable bonds is 5. The Balaban J connectivity index is 1.78. The third kappa shape index (κ3) is 3.92. The van der Waals surface area contributed by atoms with Crippen molar-refractivity contribution in [1.29, 1.82) is 0 Å². The van der Waals surface area contributed by atoms with Crippen molar-refractivity contribution in [2.45, 2.75) is 31.8 Å². The minimum atomic E-state index is 0.328. The number of nitrogens with two attached hydrogens (primary N) is 1. The molecular weight excluding hydrogens is 246 g/mol. The van der Waals surface area contributed by atoms with Gasteiger partial charge in [-0.25, -0.2) is 4.98 Å². The minimum absolute atomic E-state index is 0.328. The summed E-state index contributed by atoms with van der Waals surface area (Å²) in [5, 5.41) is 3.28. The van der Waals surface area contributed by atoms with Crippen LogP contribution in [0.25, 0.3) is 0 Å². The van der Waals surface area contributed by atoms with Gasteiger partial charge in [-0.3, -0.25) is 0 Å². The van der Waals surface area contributed by atoms with Gasteiger partial charge >= 0.3 is 0 Å². The monoisotopic (exact) mass is 265 g/mol. The van der Waals surface area contributed by atoms with Crippen LogP contribution in [0, 0.1) is 0 Å². The van der Waals surface area contributed by atoms with Gasteiger partial charge < -0.3 is 15.8 Å². The SMILES string of the molecule is NC(=S)c1cccc(NCCC2CCCCO2)n1. The minimum Gasteiger partial charge on any atom is -0.388 e. The average molecular weight is 265 g/mol. The van der Waals surface area contributed by atoms with Gasteiger partial charge in [0, 0.05) is 13.2 Å². The van der Waals surface area contributed by atoms with E-state index in [9.17, 15) is 0 Å². The highest BCUT2D eigenvalue weighted by atomic mass is 32.1. The van der Waals surface area contributed by atoms with Crippen LogP contribution in [-0.4, -0.2) is 29.2 Å². The summed E-state index contributed by atoms with van der Waals surface area (Å²) >= 11 is 4.90. The topological polar surface area (TPSA) is 60.2 Å². The maximum absolute atomic E-state index is 5.68. The molecule has 0 aliphatic carbocycles. The highest BCUT2D eigenvalue weighted by molar-refractivity contribution is 7.80. The number of thiocarbonyl (C=S) groups is 1. The molecule has 1 unspecified atom stereocenters. The molecule has 5 heteroatoms. The van der Waals surface area contributed by atoms with Crippen LogP contribution in [0.3, 0.4) is 0 Å². The fourth-order valence-electron chi connectivity index (χ4n) is 2.07. The zero-order chi connectivity index (χ0) is 12.8. The van der Waals surface area contributed by atoms with Crippen molar-refractivity contribution in [3.8, 4) is 0 Å². The molecule has 1 aromatic rings. The Morgan fingerprint density at radius 3 is 3.11 bits per heavy atom. The molecule has 1 aromatic heterocycles. The number of nitrogens with zero attached hydrogens (tertiary/aromatic N) is 1. The predicted octanol–water partition coefficient (Wildman–Crippen LogP) is 2.09. The summed E-state index contributed by atoms with van der Waals surface area (Å²) in [6.07, 6.45) is 5.05. The molecule has 0 amide bonds. The van der Waals surface area contributed by atoms with Crippen molar-refractivity contribution in [1.82, 2.24) is 4.98 Å². The van der Waals surface area contributed by atoms with Gasteiger partial charge in [-0.15, -0.1) is 0 Å². The summed E-state index contributed by atoms with van der Waals surface area (Å²) in [6, 6.07) is 5.64. The predicted molar refractivity (Wildman–Crippen MR) is 76.8 cm³/mol. The van der Waals surface area contributed by atoms with Crippen LogP contribution < -0.4 is 11.1 Å². The lowest BCUT2D eigenvalue weighted by molar-refractivity contribution is 0.0134. The van der Waals surface area contributed by atoms with Gasteiger partial charge in [-0.2, -0.15) is 0 Å². The van der Waals surface area contributed by atoms with Gasteiger partial charge in [-0.1, -0.05) is 18.3 Å². The van der Waals surface area contributed by atoms with E-state index in [1.807, 2.05) is 18.2 Å². The summed E-state index contributed by atoms with van der Waals surface area (Å²) in [6.45, 7) is 1.76. The summed E-state index contributed by atoms with van der Waals surface area (Å²) in [4.78, 5) is 4.66. The van der Waals surface area contributed by atoms with Crippen LogP contribution in [-0.2, 0) is 4.74 Å². The molecule has 1 aliphatic rings. The molecule has 0 radical (unpaired) electrons. The molecule has 0 aromatic carbocycles. The van der Waals surface area contributed by atoms with E-state index in [2.05, 4.69) is 10.3 Å². The third-order valence-corrected chi connectivity index (χ3v) is 3.26. The second kappa shape index (κ2) is 6.66. The van der Waals surface area contributed by atoms with Crippen molar-refractivity contribution in [2.75, 3.05) is 18.5 Å². The van der Waals surface area contributed by atoms with Crippen LogP contribution in [0.5, 0.6) is 0 Å². The third-order valence-electron chi connectivity index (χ3n) is 3.05. The molecule has 0 spiro atoms. The Kier molecular flexibility index (Phi) is 4.90. The molecule has 18 heavy (non-hydrogen) atoms. The lowest BCUT2D eigenvalue weighted by atomic mass is 10.1. The molecule has 98 valence electrons. The first-order chi connectivity index (χ1) is 8.75. The second-order valence-corrected chi connectivity index (χ2v) is 4.92. The molecule has 1 aliphatic heterocycles. The number of ether oxygens (including phenoxy) is 1. The maximum Gasteiger partial charge on any atom is 0.126 e. The van der Waals surface area contributed by atoms with E-state index >= 15 is 0 Å². The van der Waals surface area contributed by atoms with Crippen molar-refractivity contribution in [3.05, 3.63) is 23.9 Å². The summed E-state index contributed by atoms with van der Waals surface area (Å²) in [7, 11) is 0. The number of pyridine rings is 1. The smallest absolute Gasteiger partial charge is 0.126 e. The Hall–Kier alpha value is -1.20. The highest BCUT2D eigenvalue weighted by Crippen LogP contribution is 2.15. The summed E-state index contributed by atoms with van der Waals surface area (Å²) < 4.78 is 5.68. The lowest BCUT2D eigenvalue weighted by Gasteiger charge is -2.22. The van der Waals surface area contributed by atoms with E-state index in [4.69, 9.17) is 22.7 Å². The largest absolute Gasteiger partial charge is 0.388 e. The molecule has 0 saturated carbocycles. The standard InChI is InChI=1S/C13H19N3OS/c14-13(18)11-5-3-6-12(16-11)15-8-7-10-4-1-2-9-17-10/h3,5-6,10H,1-2,4,7-9H2,(H2,14,18)(H,15,16). The molecular formula is C13H19N3OS. The molecule has 2 rings (SSSR count). The van der Waals surface area contributed by atoms with E-state index < -0.39 is 0 Å². The van der Waals surface area contributed by atoms with E-state index in [-0.39, 0.29) is 0 Å². The Labute approximate surface area is 113 Å². The van der Waals surface area contributed by atoms with Gasteiger partial charge in [0.05, 0.1) is 11.8 Å². The fourth-order valence-corrected chi connectivity index (χ4v) is 2.18. The molecule has 1 fully saturated rings. The highest BCUT2D eigenvalue weighted by Gasteiger charge is 2.13. The average Bonchev–Trinajstić information content (AvgIpc) is 2.40. The van der Waals surface area contributed by atoms with Crippen molar-refractivity contribution in [2.24, 2.45) is 5.73 Å². The van der Waals surface area contributed by atoms with Gasteiger partial charge in [0.1, 0.15) is 10.8 Å². The molecule has 1 atom stereocenters. The van der Waals surface area contributed by atoms with Crippen LogP contribution >= 0.6 is 12.2 Å². The number of hydrogen-bond acceptors (Lipinski definition) is 4. The molecule has 1 saturated heterocycles. The molecule has 2 heterocycles. The Bertz CT molecular complexity index is 405. The van der Waals surface area contributed by atoms with Gasteiger partial charge in [0.2, 0.25) is 0 Å². The maximum atomic E-state index is 5.68. The van der Waals surface area contributed by atoms with Crippen LogP contribution in [0.15, 0.2) is 18.2 Å². The van der Waals surface area contributed by atoms with Crippen LogP contribution in [0.2, 0.25) is 0 Å². The van der Waals surface area contributed by atoms with E-state index in [1.54, 1.807) is 0 Å². The van der Waals surface area contributed by atoms with Crippen molar-refractivity contribution >= 4 is 23.0 Å². The van der Waals surface area contributed by atoms with Gasteiger partial charge in [0.25, 0.3) is 0 Å². The second-order valence-electron chi connectivity index (χ2n) is 4.48. The fraction of sp³-hybridized carbons (Fsp3) is 0.538. The molecule has 0 bridgehead atoms. The first-order valence-corrected chi connectivity index (χ1v) is 6.79. The molecule has 3 N–H and O–H groups in total. The first-order valence-electron chi connectivity index (χ1n) is 6.38. The zero-order valence-corrected chi connectivity index (χ0v) is 11.2.